The van der Waals surface area contributed by atoms with Gasteiger partial charge in [-0.2, -0.15) is 11.8 Å². The molecule has 4 atom stereocenters. The number of hydrogen-bond acceptors (Lipinski definition) is 19. The molecule has 0 bridgehead atoms. The number of anilines is 2. The third kappa shape index (κ3) is 27.4. The molecule has 0 saturated carbocycles. The molecule has 0 radical (unpaired) electrons. The number of carboxylic acid groups (broad SMARTS) is 3. The normalized spacial score (nSPS) is 19.3. The Bertz CT molecular complexity index is 2450. The Balaban J connectivity index is 0.971. The number of nitrogens with one attached hydrogen (secondary N) is 6. The molecular weight excluding hydrogens is 1130 g/mol. The number of fused-ring (bicyclic) bond motifs is 1. The van der Waals surface area contributed by atoms with E-state index >= 15 is 0 Å². The molecule has 474 valence electrons. The van der Waals surface area contributed by atoms with Crippen molar-refractivity contribution in [3.63, 3.8) is 0 Å². The summed E-state index contributed by atoms with van der Waals surface area (Å²) < 4.78 is 16.8. The molecule has 4 unspecified atom stereocenters. The van der Waals surface area contributed by atoms with Crippen molar-refractivity contribution in [2.24, 2.45) is 5.92 Å². The topological polar surface area (TPSA) is 354 Å². The van der Waals surface area contributed by atoms with Gasteiger partial charge in [0.15, 0.2) is 6.29 Å². The Morgan fingerprint density at radius 1 is 0.682 bits per heavy atom. The summed E-state index contributed by atoms with van der Waals surface area (Å²) in [6.45, 7) is 4.31. The number of hydrogen-bond donors (Lipinski definition) is 11. The molecule has 28 heteroatoms. The van der Waals surface area contributed by atoms with Crippen molar-refractivity contribution in [1.29, 1.82) is 0 Å². The van der Waals surface area contributed by atoms with Crippen LogP contribution in [0, 0.1) is 5.92 Å². The number of carbonyl (C=O) groups is 8. The number of likely N-dealkylation sites (N-methyl/N-ethyl adjacent to an activating group) is 1. The number of nitrogens with zero attached hydrogens (tertiary/aromatic N) is 5. The molecule has 6 amide bonds. The van der Waals surface area contributed by atoms with E-state index in [1.807, 2.05) is 28.8 Å². The van der Waals surface area contributed by atoms with Crippen LogP contribution in [-0.2, 0) is 44.6 Å². The Labute approximate surface area is 501 Å². The van der Waals surface area contributed by atoms with Crippen LogP contribution in [0.3, 0.4) is 0 Å². The number of carboxylic acids is 3. The van der Waals surface area contributed by atoms with Crippen molar-refractivity contribution >= 4 is 70.7 Å². The van der Waals surface area contributed by atoms with Gasteiger partial charge in [0.1, 0.15) is 0 Å². The lowest BCUT2D eigenvalue weighted by molar-refractivity contribution is -0.140. The van der Waals surface area contributed by atoms with Gasteiger partial charge in [-0.05, 0) is 80.3 Å². The molecule has 3 heterocycles. The van der Waals surface area contributed by atoms with E-state index in [0.29, 0.717) is 121 Å². The maximum atomic E-state index is 13.6. The summed E-state index contributed by atoms with van der Waals surface area (Å²) in [7, 11) is 3.30. The summed E-state index contributed by atoms with van der Waals surface area (Å²) in [6.07, 6.45) is 3.23. The zero-order chi connectivity index (χ0) is 61.5. The van der Waals surface area contributed by atoms with Gasteiger partial charge >= 0.3 is 23.9 Å². The highest BCUT2D eigenvalue weighted by atomic mass is 32.2. The van der Waals surface area contributed by atoms with Crippen LogP contribution in [-0.4, -0.2) is 279 Å². The maximum absolute atomic E-state index is 13.6. The molecule has 5 rings (SSSR count). The van der Waals surface area contributed by atoms with Crippen molar-refractivity contribution in [2.75, 3.05) is 168 Å². The average molecular weight is 1220 g/mol. The Kier molecular flexibility index (Phi) is 31.1. The zero-order valence-corrected chi connectivity index (χ0v) is 49.8. The van der Waals surface area contributed by atoms with Gasteiger partial charge in [0.25, 0.3) is 11.8 Å². The summed E-state index contributed by atoms with van der Waals surface area (Å²) in [5, 5.41) is 67.0. The number of aliphatic hydroxyl groups is 2. The van der Waals surface area contributed by atoms with E-state index in [2.05, 4.69) is 31.9 Å². The number of aliphatic hydroxyl groups excluding tert-OH is 1. The molecule has 3 aliphatic rings. The van der Waals surface area contributed by atoms with Crippen molar-refractivity contribution < 1.29 is 78.1 Å². The van der Waals surface area contributed by atoms with Crippen molar-refractivity contribution in [1.82, 2.24) is 45.8 Å². The highest BCUT2D eigenvalue weighted by Gasteiger charge is 2.42. The predicted molar refractivity (Wildman–Crippen MR) is 318 cm³/mol. The number of amides is 6. The average Bonchev–Trinajstić information content (AvgIpc) is 3.56. The minimum Gasteiger partial charge on any atom is -0.480 e. The Morgan fingerprint density at radius 2 is 1.25 bits per heavy atom. The number of thioether (sulfide) groups is 1. The molecule has 0 aliphatic carbocycles. The van der Waals surface area contributed by atoms with Crippen LogP contribution in [0.25, 0.3) is 0 Å². The van der Waals surface area contributed by atoms with Gasteiger partial charge in [-0.1, -0.05) is 18.6 Å². The predicted octanol–water partition coefficient (Wildman–Crippen LogP) is 0.176. The quantitative estimate of drug-likeness (QED) is 0.0249. The summed E-state index contributed by atoms with van der Waals surface area (Å²) in [5.74, 6) is -3.65. The summed E-state index contributed by atoms with van der Waals surface area (Å²) in [6, 6.07) is 12.1. The van der Waals surface area contributed by atoms with Gasteiger partial charge in [-0.3, -0.25) is 53.2 Å². The van der Waals surface area contributed by atoms with Gasteiger partial charge in [0.05, 0.1) is 64.7 Å². The smallest absolute Gasteiger partial charge is 0.317 e. The number of rotatable bonds is 35. The van der Waals surface area contributed by atoms with Crippen LogP contribution in [0.1, 0.15) is 71.2 Å². The van der Waals surface area contributed by atoms with E-state index in [1.54, 1.807) is 53.1 Å². The fourth-order valence-corrected chi connectivity index (χ4v) is 11.9. The summed E-state index contributed by atoms with van der Waals surface area (Å²) >= 11 is 1.85. The molecule has 11 N–H and O–H groups in total. The lowest BCUT2D eigenvalue weighted by atomic mass is 9.97. The van der Waals surface area contributed by atoms with Gasteiger partial charge < -0.3 is 76.5 Å². The second kappa shape index (κ2) is 38.1. The Morgan fingerprint density at radius 3 is 1.86 bits per heavy atom. The first-order valence-corrected chi connectivity index (χ1v) is 30.2. The van der Waals surface area contributed by atoms with Crippen LogP contribution >= 0.6 is 11.8 Å². The Hall–Kier alpha value is -6.21. The van der Waals surface area contributed by atoms with Crippen LogP contribution in [0.4, 0.5) is 16.2 Å². The third-order valence-corrected chi connectivity index (χ3v) is 16.1. The fraction of sp³-hybridized carbons (Fsp3) is 0.649. The summed E-state index contributed by atoms with van der Waals surface area (Å²) in [4.78, 5) is 107. The lowest BCUT2D eigenvalue weighted by Gasteiger charge is -2.34. The molecule has 27 nitrogen and oxygen atoms in total. The van der Waals surface area contributed by atoms with Gasteiger partial charge in [0, 0.05) is 139 Å². The standard InChI is InChI=1S/C57H89N11O16S/c1-58-45-30-42(55(79)60-15-6-23-83-25-27-84-26-24-82-22-5-14-59-48(69)34-64(2)49(70)9-4-3-8-47-54-46(39-85-47)62-57(81)63-54)29-43(31-45)56(80)61-44-12-10-40(11-13-44)28-41-32-67(37-52(75)76)20-18-65(35-50(71)72)16-7-17-66(36-51(73)74)19-21-68(33-41)38-53(77)78/h10-13,29-31,41,46-47,52,54,58,75-76H,3-9,14-28,32-39H2,1-2H3,(H,59,69)(H,60,79)(H,61,80)(H,71,72)(H,73,74)(H,77,78)(H2,62,63,81). The van der Waals surface area contributed by atoms with Crippen LogP contribution < -0.4 is 31.9 Å². The van der Waals surface area contributed by atoms with E-state index in [0.717, 1.165) is 30.6 Å². The maximum Gasteiger partial charge on any atom is 0.317 e. The molecule has 3 saturated heterocycles. The van der Waals surface area contributed by atoms with Crippen LogP contribution in [0.2, 0.25) is 0 Å². The number of β-amino-alcohol motifs (C(OH)–C–C–N with tert-alkyl or cyclic N) is 2. The first kappa shape index (κ1) is 69.6. The van der Waals surface area contributed by atoms with E-state index in [1.165, 1.54) is 11.0 Å². The zero-order valence-electron chi connectivity index (χ0n) is 49.0. The molecule has 2 aromatic rings. The largest absolute Gasteiger partial charge is 0.480 e. The highest BCUT2D eigenvalue weighted by molar-refractivity contribution is 8.00. The summed E-state index contributed by atoms with van der Waals surface area (Å²) in [5.41, 5.74) is 2.36. The number of unbranched alkanes of at least 4 members (excludes halogenated alkanes) is 1. The number of aliphatic carboxylic acids is 3. The van der Waals surface area contributed by atoms with E-state index in [-0.39, 0.29) is 118 Å². The van der Waals surface area contributed by atoms with Gasteiger partial charge in [-0.25, -0.2) is 4.79 Å². The SMILES string of the molecule is CNc1cc(C(=O)NCCCOCCOCCOCCCNC(=O)CN(C)C(=O)CCCCC2SCC3NC(=O)NC32)cc(C(=O)Nc2ccc(CC3CN(CC(=O)O)CCN(CC(=O)O)CCCN(CC(=O)O)CCN(CC(O)O)C3)cc2)c1. The van der Waals surface area contributed by atoms with Crippen molar-refractivity contribution in [3.05, 3.63) is 59.2 Å². The molecule has 3 aliphatic heterocycles. The fourth-order valence-electron chi connectivity index (χ4n) is 10.4. The molecule has 3 fully saturated rings. The number of ether oxygens (including phenoxy) is 3. The monoisotopic (exact) mass is 1220 g/mol. The second-order valence-corrected chi connectivity index (χ2v) is 22.9. The van der Waals surface area contributed by atoms with Crippen molar-refractivity contribution in [3.8, 4) is 0 Å². The van der Waals surface area contributed by atoms with E-state index < -0.39 is 30.1 Å². The van der Waals surface area contributed by atoms with Crippen LogP contribution in [0.15, 0.2) is 42.5 Å². The minimum absolute atomic E-state index is 0.0112. The number of carbonyl (C=O) groups excluding carboxylic acids is 5. The first-order chi connectivity index (χ1) is 40.8. The second-order valence-electron chi connectivity index (χ2n) is 21.6. The molecule has 0 aromatic heterocycles. The van der Waals surface area contributed by atoms with Crippen LogP contribution in [0.5, 0.6) is 0 Å². The lowest BCUT2D eigenvalue weighted by Crippen LogP contribution is -2.47. The minimum atomic E-state index is -1.69. The number of benzene rings is 2. The van der Waals surface area contributed by atoms with Crippen molar-refractivity contribution in [2.45, 2.75) is 75.0 Å². The van der Waals surface area contributed by atoms with E-state index in [9.17, 15) is 63.9 Å². The number of urea groups is 1. The highest BCUT2D eigenvalue weighted by Crippen LogP contribution is 2.33. The van der Waals surface area contributed by atoms with Gasteiger partial charge in [0.2, 0.25) is 11.8 Å². The first-order valence-electron chi connectivity index (χ1n) is 29.2. The molecule has 2 aromatic carbocycles. The molecule has 85 heavy (non-hydrogen) atoms. The molecular formula is C57H89N11O16S. The van der Waals surface area contributed by atoms with Gasteiger partial charge in [-0.15, -0.1) is 0 Å². The molecule has 0 spiro atoms. The van der Waals surface area contributed by atoms with E-state index in [4.69, 9.17) is 14.2 Å². The third-order valence-electron chi connectivity index (χ3n) is 14.6.